The predicted molar refractivity (Wildman–Crippen MR) is 75.0 cm³/mol. The minimum atomic E-state index is -0.472. The zero-order valence-electron chi connectivity index (χ0n) is 11.9. The molecule has 1 heterocycles. The molecule has 0 N–H and O–H groups in total. The highest BCUT2D eigenvalue weighted by molar-refractivity contribution is 5.94. The fourth-order valence-electron chi connectivity index (χ4n) is 1.78. The lowest BCUT2D eigenvalue weighted by molar-refractivity contribution is -0.141. The van der Waals surface area contributed by atoms with Crippen molar-refractivity contribution in [1.82, 2.24) is 19.9 Å². The number of nitrogens with zero attached hydrogens (tertiary/aromatic N) is 4. The Bertz CT molecular complexity index is 624. The van der Waals surface area contributed by atoms with Gasteiger partial charge in [-0.25, -0.2) is 4.68 Å². The van der Waals surface area contributed by atoms with E-state index in [-0.39, 0.29) is 18.1 Å². The number of rotatable bonds is 5. The molecular weight excluding hydrogens is 272 g/mol. The highest BCUT2D eigenvalue weighted by atomic mass is 16.5. The summed E-state index contributed by atoms with van der Waals surface area (Å²) in [5.74, 6) is -0.828. The summed E-state index contributed by atoms with van der Waals surface area (Å²) in [6.07, 6.45) is 1.54. The van der Waals surface area contributed by atoms with Crippen LogP contribution < -0.4 is 0 Å². The quantitative estimate of drug-likeness (QED) is 0.764. The summed E-state index contributed by atoms with van der Waals surface area (Å²) in [6.45, 7) is 2.05. The van der Waals surface area contributed by atoms with Crippen LogP contribution in [0.5, 0.6) is 0 Å². The number of ether oxygens (including phenoxy) is 1. The highest BCUT2D eigenvalue weighted by Gasteiger charge is 2.20. The van der Waals surface area contributed by atoms with Crippen LogP contribution in [0.3, 0.4) is 0 Å². The molecule has 0 radical (unpaired) electrons. The Hall–Kier alpha value is -2.70. The first-order valence-corrected chi connectivity index (χ1v) is 6.49. The van der Waals surface area contributed by atoms with Gasteiger partial charge in [0.05, 0.1) is 19.0 Å². The zero-order valence-corrected chi connectivity index (χ0v) is 11.9. The minimum Gasteiger partial charge on any atom is -0.468 e. The maximum Gasteiger partial charge on any atom is 0.325 e. The maximum atomic E-state index is 12.3. The Morgan fingerprint density at radius 2 is 2.00 bits per heavy atom. The van der Waals surface area contributed by atoms with Crippen molar-refractivity contribution in [2.24, 2.45) is 0 Å². The van der Waals surface area contributed by atoms with Crippen molar-refractivity contribution in [3.63, 3.8) is 0 Å². The van der Waals surface area contributed by atoms with Crippen LogP contribution in [0.15, 0.2) is 36.5 Å². The van der Waals surface area contributed by atoms with Crippen molar-refractivity contribution < 1.29 is 14.3 Å². The van der Waals surface area contributed by atoms with Crippen LogP contribution in [-0.2, 0) is 9.53 Å². The van der Waals surface area contributed by atoms with E-state index in [1.165, 1.54) is 22.9 Å². The smallest absolute Gasteiger partial charge is 0.325 e. The number of para-hydroxylation sites is 1. The van der Waals surface area contributed by atoms with Gasteiger partial charge < -0.3 is 9.64 Å². The van der Waals surface area contributed by atoms with Gasteiger partial charge in [0.2, 0.25) is 0 Å². The molecule has 1 aromatic carbocycles. The average molecular weight is 288 g/mol. The largest absolute Gasteiger partial charge is 0.468 e. The first-order chi connectivity index (χ1) is 10.2. The molecule has 0 saturated carbocycles. The molecule has 0 saturated heterocycles. The molecule has 21 heavy (non-hydrogen) atoms. The Balaban J connectivity index is 2.16. The van der Waals surface area contributed by atoms with Gasteiger partial charge in [-0.15, -0.1) is 5.10 Å². The second kappa shape index (κ2) is 6.65. The third-order valence-electron chi connectivity index (χ3n) is 2.95. The van der Waals surface area contributed by atoms with Gasteiger partial charge in [-0.1, -0.05) is 23.4 Å². The molecule has 0 bridgehead atoms. The summed E-state index contributed by atoms with van der Waals surface area (Å²) in [6, 6.07) is 9.34. The number of hydrogen-bond donors (Lipinski definition) is 0. The molecule has 0 atom stereocenters. The summed E-state index contributed by atoms with van der Waals surface area (Å²) in [4.78, 5) is 24.9. The van der Waals surface area contributed by atoms with E-state index in [4.69, 9.17) is 0 Å². The average Bonchev–Trinajstić information content (AvgIpc) is 3.02. The number of amides is 1. The SMILES string of the molecule is CCN(CC(=O)OC)C(=O)c1cn(-c2ccccc2)nn1. The molecule has 1 amide bonds. The monoisotopic (exact) mass is 288 g/mol. The van der Waals surface area contributed by atoms with Gasteiger partial charge >= 0.3 is 5.97 Å². The molecule has 2 rings (SSSR count). The third-order valence-corrected chi connectivity index (χ3v) is 2.95. The highest BCUT2D eigenvalue weighted by Crippen LogP contribution is 2.07. The summed E-state index contributed by atoms with van der Waals surface area (Å²) in [7, 11) is 1.28. The Kier molecular flexibility index (Phi) is 4.65. The number of aromatic nitrogens is 3. The normalized spacial score (nSPS) is 10.2. The topological polar surface area (TPSA) is 77.3 Å². The van der Waals surface area contributed by atoms with Gasteiger partial charge in [-0.05, 0) is 19.1 Å². The lowest BCUT2D eigenvalue weighted by Gasteiger charge is -2.17. The summed E-state index contributed by atoms with van der Waals surface area (Å²) >= 11 is 0. The van der Waals surface area contributed by atoms with Gasteiger partial charge in [0.25, 0.3) is 5.91 Å². The van der Waals surface area contributed by atoms with Crippen molar-refractivity contribution in [1.29, 1.82) is 0 Å². The number of likely N-dealkylation sites (N-methyl/N-ethyl adjacent to an activating group) is 1. The van der Waals surface area contributed by atoms with E-state index in [0.29, 0.717) is 6.54 Å². The van der Waals surface area contributed by atoms with Gasteiger partial charge in [-0.2, -0.15) is 0 Å². The van der Waals surface area contributed by atoms with Crippen molar-refractivity contribution in [2.45, 2.75) is 6.92 Å². The van der Waals surface area contributed by atoms with Crippen LogP contribution in [0.4, 0.5) is 0 Å². The van der Waals surface area contributed by atoms with Crippen molar-refractivity contribution in [2.75, 3.05) is 20.2 Å². The van der Waals surface area contributed by atoms with Crippen molar-refractivity contribution in [3.05, 3.63) is 42.2 Å². The van der Waals surface area contributed by atoms with E-state index in [1.54, 1.807) is 6.92 Å². The van der Waals surface area contributed by atoms with E-state index >= 15 is 0 Å². The van der Waals surface area contributed by atoms with E-state index in [1.807, 2.05) is 30.3 Å². The minimum absolute atomic E-state index is 0.107. The van der Waals surface area contributed by atoms with E-state index in [2.05, 4.69) is 15.0 Å². The lowest BCUT2D eigenvalue weighted by Crippen LogP contribution is -2.36. The number of carbonyl (C=O) groups excluding carboxylic acids is 2. The summed E-state index contributed by atoms with van der Waals surface area (Å²) < 4.78 is 6.08. The van der Waals surface area contributed by atoms with Crippen LogP contribution in [0, 0.1) is 0 Å². The second-order valence-electron chi connectivity index (χ2n) is 4.28. The lowest BCUT2D eigenvalue weighted by atomic mass is 10.3. The van der Waals surface area contributed by atoms with Gasteiger partial charge in [0.1, 0.15) is 6.54 Å². The predicted octanol–water partition coefficient (Wildman–Crippen LogP) is 0.902. The number of benzene rings is 1. The fraction of sp³-hybridized carbons (Fsp3) is 0.286. The van der Waals surface area contributed by atoms with Gasteiger partial charge in [0, 0.05) is 6.54 Å². The molecular formula is C14H16N4O3. The number of esters is 1. The standard InChI is InChI=1S/C14H16N4O3/c1-3-17(10-13(19)21-2)14(20)12-9-18(16-15-12)11-7-5-4-6-8-11/h4-9H,3,10H2,1-2H3. The summed E-state index contributed by atoms with van der Waals surface area (Å²) in [5.41, 5.74) is 0.990. The molecule has 0 aliphatic carbocycles. The first kappa shape index (κ1) is 14.7. The maximum absolute atomic E-state index is 12.3. The van der Waals surface area contributed by atoms with E-state index in [0.717, 1.165) is 5.69 Å². The molecule has 0 unspecified atom stereocenters. The van der Waals surface area contributed by atoms with Crippen molar-refractivity contribution in [3.8, 4) is 5.69 Å². The van der Waals surface area contributed by atoms with Crippen molar-refractivity contribution >= 4 is 11.9 Å². The Labute approximate surface area is 122 Å². The van der Waals surface area contributed by atoms with Crippen LogP contribution in [0.1, 0.15) is 17.4 Å². The Morgan fingerprint density at radius 3 is 2.62 bits per heavy atom. The molecule has 0 spiro atoms. The molecule has 0 aliphatic heterocycles. The first-order valence-electron chi connectivity index (χ1n) is 6.49. The molecule has 0 aliphatic rings. The van der Waals surface area contributed by atoms with E-state index < -0.39 is 5.97 Å². The van der Waals surface area contributed by atoms with Crippen LogP contribution in [0.2, 0.25) is 0 Å². The second-order valence-corrected chi connectivity index (χ2v) is 4.28. The van der Waals surface area contributed by atoms with Crippen LogP contribution in [0.25, 0.3) is 5.69 Å². The molecule has 7 heteroatoms. The van der Waals surface area contributed by atoms with Crippen LogP contribution >= 0.6 is 0 Å². The van der Waals surface area contributed by atoms with Gasteiger partial charge in [-0.3, -0.25) is 9.59 Å². The van der Waals surface area contributed by atoms with Gasteiger partial charge in [0.15, 0.2) is 5.69 Å². The van der Waals surface area contributed by atoms with E-state index in [9.17, 15) is 9.59 Å². The molecule has 0 fully saturated rings. The summed E-state index contributed by atoms with van der Waals surface area (Å²) in [5, 5.41) is 7.79. The number of carbonyl (C=O) groups is 2. The molecule has 7 nitrogen and oxygen atoms in total. The number of methoxy groups -OCH3 is 1. The zero-order chi connectivity index (χ0) is 15.2. The molecule has 2 aromatic rings. The fourth-order valence-corrected chi connectivity index (χ4v) is 1.78. The molecule has 1 aromatic heterocycles. The Morgan fingerprint density at radius 1 is 1.29 bits per heavy atom. The van der Waals surface area contributed by atoms with Crippen LogP contribution in [-0.4, -0.2) is 52.0 Å². The third kappa shape index (κ3) is 3.44. The molecule has 110 valence electrons. The number of hydrogen-bond acceptors (Lipinski definition) is 5.